The van der Waals surface area contributed by atoms with Crippen molar-refractivity contribution in [3.63, 3.8) is 0 Å². The monoisotopic (exact) mass is 294 g/mol. The Kier molecular flexibility index (Phi) is 4.36. The summed E-state index contributed by atoms with van der Waals surface area (Å²) in [6, 6.07) is 8.53. The van der Waals surface area contributed by atoms with Gasteiger partial charge in [-0.3, -0.25) is 9.93 Å². The number of aryl methyl sites for hydroxylation is 1. The molecule has 3 N–H and O–H groups in total. The van der Waals surface area contributed by atoms with Crippen LogP contribution in [0.15, 0.2) is 41.3 Å². The topological polar surface area (TPSA) is 55.1 Å². The fourth-order valence-electron chi connectivity index (χ4n) is 1.70. The highest BCUT2D eigenvalue weighted by Gasteiger charge is 2.15. The molecule has 2 aromatic carbocycles. The van der Waals surface area contributed by atoms with Crippen LogP contribution >= 0.6 is 11.9 Å². The molecule has 2 aromatic rings. The van der Waals surface area contributed by atoms with Crippen LogP contribution in [-0.2, 0) is 0 Å². The third-order valence-corrected chi connectivity index (χ3v) is 3.32. The molecule has 1 amide bonds. The summed E-state index contributed by atoms with van der Waals surface area (Å²) >= 11 is 0.733. The molecule has 0 spiro atoms. The predicted octanol–water partition coefficient (Wildman–Crippen LogP) is 3.49. The quantitative estimate of drug-likeness (QED) is 0.852. The summed E-state index contributed by atoms with van der Waals surface area (Å²) in [6.45, 7) is 1.58. The molecule has 6 heteroatoms. The van der Waals surface area contributed by atoms with E-state index in [-0.39, 0.29) is 16.3 Å². The van der Waals surface area contributed by atoms with E-state index in [1.807, 2.05) is 0 Å². The van der Waals surface area contributed by atoms with E-state index in [1.165, 1.54) is 30.3 Å². The normalized spacial score (nSPS) is 10.4. The van der Waals surface area contributed by atoms with Crippen LogP contribution < -0.4 is 10.5 Å². The van der Waals surface area contributed by atoms with Gasteiger partial charge in [0.2, 0.25) is 0 Å². The molecule has 0 bridgehead atoms. The third kappa shape index (κ3) is 2.97. The Hall–Kier alpha value is -1.92. The van der Waals surface area contributed by atoms with Crippen molar-refractivity contribution in [1.82, 2.24) is 0 Å². The van der Waals surface area contributed by atoms with Gasteiger partial charge in [-0.25, -0.2) is 8.78 Å². The molecule has 0 fully saturated rings. The number of carbonyl (C=O) groups excluding carboxylic acids is 1. The van der Waals surface area contributed by atoms with Gasteiger partial charge in [0, 0.05) is 5.69 Å². The highest BCUT2D eigenvalue weighted by Crippen LogP contribution is 2.21. The molecule has 3 nitrogen and oxygen atoms in total. The van der Waals surface area contributed by atoms with Gasteiger partial charge in [-0.2, -0.15) is 0 Å². The summed E-state index contributed by atoms with van der Waals surface area (Å²) < 4.78 is 27.1. The molecule has 2 rings (SSSR count). The van der Waals surface area contributed by atoms with Gasteiger partial charge in [-0.1, -0.05) is 6.07 Å². The first-order chi connectivity index (χ1) is 9.52. The zero-order chi connectivity index (χ0) is 14.7. The lowest BCUT2D eigenvalue weighted by molar-refractivity contribution is 0.102. The Bertz CT molecular complexity index is 662. The van der Waals surface area contributed by atoms with Gasteiger partial charge in [0.15, 0.2) is 5.82 Å². The number of hydrogen-bond donors (Lipinski definition) is 2. The SMILES string of the molecule is Cc1cc(NC(=O)c2cccc(SN)c2F)ccc1F. The Morgan fingerprint density at radius 3 is 2.65 bits per heavy atom. The first-order valence-corrected chi connectivity index (χ1v) is 6.63. The molecule has 0 aliphatic carbocycles. The van der Waals surface area contributed by atoms with Crippen LogP contribution in [0.4, 0.5) is 14.5 Å². The molecule has 0 radical (unpaired) electrons. The van der Waals surface area contributed by atoms with E-state index in [2.05, 4.69) is 5.32 Å². The van der Waals surface area contributed by atoms with Crippen LogP contribution in [-0.4, -0.2) is 5.91 Å². The van der Waals surface area contributed by atoms with Crippen LogP contribution in [0.1, 0.15) is 15.9 Å². The van der Waals surface area contributed by atoms with E-state index in [0.29, 0.717) is 11.3 Å². The van der Waals surface area contributed by atoms with E-state index in [9.17, 15) is 13.6 Å². The van der Waals surface area contributed by atoms with Crippen LogP contribution in [0.25, 0.3) is 0 Å². The van der Waals surface area contributed by atoms with Gasteiger partial charge in [-0.15, -0.1) is 0 Å². The average Bonchev–Trinajstić information content (AvgIpc) is 2.43. The molecule has 0 aromatic heterocycles. The molecule has 0 saturated heterocycles. The van der Waals surface area contributed by atoms with Gasteiger partial charge in [0.05, 0.1) is 10.5 Å². The molecule has 0 aliphatic heterocycles. The van der Waals surface area contributed by atoms with Crippen LogP contribution in [0, 0.1) is 18.6 Å². The van der Waals surface area contributed by atoms with E-state index in [4.69, 9.17) is 5.14 Å². The standard InChI is InChI=1S/C14H12F2N2OS/c1-8-7-9(5-6-11(8)15)18-14(19)10-3-2-4-12(20-17)13(10)16/h2-7H,17H2,1H3,(H,18,19). The lowest BCUT2D eigenvalue weighted by Crippen LogP contribution is -2.14. The number of nitrogens with two attached hydrogens (primary N) is 1. The van der Waals surface area contributed by atoms with Gasteiger partial charge in [0.25, 0.3) is 5.91 Å². The highest BCUT2D eigenvalue weighted by molar-refractivity contribution is 7.97. The predicted molar refractivity (Wildman–Crippen MR) is 75.5 cm³/mol. The second kappa shape index (κ2) is 6.02. The molecule has 0 aliphatic rings. The summed E-state index contributed by atoms with van der Waals surface area (Å²) in [4.78, 5) is 12.2. The number of rotatable bonds is 3. The van der Waals surface area contributed by atoms with Crippen molar-refractivity contribution in [2.75, 3.05) is 5.32 Å². The summed E-state index contributed by atoms with van der Waals surface area (Å²) in [7, 11) is 0. The Morgan fingerprint density at radius 1 is 1.25 bits per heavy atom. The number of halogens is 2. The van der Waals surface area contributed by atoms with E-state index >= 15 is 0 Å². The zero-order valence-electron chi connectivity index (χ0n) is 10.6. The Morgan fingerprint density at radius 2 is 2.00 bits per heavy atom. The maximum absolute atomic E-state index is 13.9. The van der Waals surface area contributed by atoms with Crippen molar-refractivity contribution in [1.29, 1.82) is 0 Å². The largest absolute Gasteiger partial charge is 0.322 e. The molecule has 0 unspecified atom stereocenters. The Labute approximate surface area is 119 Å². The van der Waals surface area contributed by atoms with Crippen molar-refractivity contribution in [3.8, 4) is 0 Å². The van der Waals surface area contributed by atoms with E-state index in [0.717, 1.165) is 11.9 Å². The summed E-state index contributed by atoms with van der Waals surface area (Å²) in [5, 5.41) is 7.83. The Balaban J connectivity index is 2.26. The molecule has 0 saturated carbocycles. The van der Waals surface area contributed by atoms with Gasteiger partial charge < -0.3 is 5.32 Å². The third-order valence-electron chi connectivity index (χ3n) is 2.75. The minimum Gasteiger partial charge on any atom is -0.322 e. The fourth-order valence-corrected chi connectivity index (χ4v) is 2.07. The number of anilines is 1. The molecule has 104 valence electrons. The average molecular weight is 294 g/mol. The van der Waals surface area contributed by atoms with Crippen molar-refractivity contribution in [2.45, 2.75) is 11.8 Å². The van der Waals surface area contributed by atoms with Gasteiger partial charge >= 0.3 is 0 Å². The minimum absolute atomic E-state index is 0.109. The summed E-state index contributed by atoms with van der Waals surface area (Å²) in [5.41, 5.74) is 0.691. The second-order valence-corrected chi connectivity index (χ2v) is 4.83. The summed E-state index contributed by atoms with van der Waals surface area (Å²) in [5.74, 6) is -1.64. The number of hydrogen-bond acceptors (Lipinski definition) is 3. The highest BCUT2D eigenvalue weighted by atomic mass is 32.2. The van der Waals surface area contributed by atoms with E-state index < -0.39 is 11.7 Å². The summed E-state index contributed by atoms with van der Waals surface area (Å²) in [6.07, 6.45) is 0. The first kappa shape index (κ1) is 14.5. The minimum atomic E-state index is -0.670. The van der Waals surface area contributed by atoms with E-state index in [1.54, 1.807) is 13.0 Å². The number of carbonyl (C=O) groups is 1. The molecule has 20 heavy (non-hydrogen) atoms. The lowest BCUT2D eigenvalue weighted by atomic mass is 10.1. The van der Waals surface area contributed by atoms with Crippen LogP contribution in [0.5, 0.6) is 0 Å². The second-order valence-electron chi connectivity index (χ2n) is 4.15. The zero-order valence-corrected chi connectivity index (χ0v) is 11.4. The molecular weight excluding hydrogens is 282 g/mol. The molecule has 0 heterocycles. The maximum Gasteiger partial charge on any atom is 0.258 e. The number of amides is 1. The maximum atomic E-state index is 13.9. The van der Waals surface area contributed by atoms with Crippen LogP contribution in [0.2, 0.25) is 0 Å². The van der Waals surface area contributed by atoms with Crippen LogP contribution in [0.3, 0.4) is 0 Å². The molecule has 0 atom stereocenters. The van der Waals surface area contributed by atoms with Crippen molar-refractivity contribution < 1.29 is 13.6 Å². The van der Waals surface area contributed by atoms with Gasteiger partial charge in [0.1, 0.15) is 5.82 Å². The van der Waals surface area contributed by atoms with Crippen molar-refractivity contribution in [2.24, 2.45) is 5.14 Å². The van der Waals surface area contributed by atoms with Gasteiger partial charge in [-0.05, 0) is 54.8 Å². The van der Waals surface area contributed by atoms with Crippen molar-refractivity contribution >= 4 is 23.5 Å². The first-order valence-electron chi connectivity index (χ1n) is 5.75. The smallest absolute Gasteiger partial charge is 0.258 e. The lowest BCUT2D eigenvalue weighted by Gasteiger charge is -2.08. The number of nitrogens with one attached hydrogen (secondary N) is 1. The fraction of sp³-hybridized carbons (Fsp3) is 0.0714. The number of benzene rings is 2. The molecular formula is C14H12F2N2OS. The van der Waals surface area contributed by atoms with Crippen molar-refractivity contribution in [3.05, 3.63) is 59.2 Å².